The van der Waals surface area contributed by atoms with Crippen molar-refractivity contribution in [1.82, 2.24) is 14.9 Å². The van der Waals surface area contributed by atoms with Crippen LogP contribution in [0.15, 0.2) is 35.2 Å². The number of aromatic nitrogens is 2. The summed E-state index contributed by atoms with van der Waals surface area (Å²) in [5.74, 6) is 0.413. The third kappa shape index (κ3) is 3.01. The minimum Gasteiger partial charge on any atom is -0.467 e. The van der Waals surface area contributed by atoms with Crippen LogP contribution in [0.5, 0.6) is 0 Å². The summed E-state index contributed by atoms with van der Waals surface area (Å²) in [6.07, 6.45) is 6.23. The molecule has 2 unspecified atom stereocenters. The summed E-state index contributed by atoms with van der Waals surface area (Å²) in [5.41, 5.74) is 1.13. The van der Waals surface area contributed by atoms with E-state index in [1.54, 1.807) is 23.2 Å². The third-order valence-electron chi connectivity index (χ3n) is 4.01. The standard InChI is InChI=1S/C16H19N3O3/c1-11-9-18-13(10-17-11)16(21)19-6-2-4-12(19)8-14(20)15-5-3-7-22-15/h3,5,7,9-10,12,14,20H,2,4,6,8H2,1H3. The van der Waals surface area contributed by atoms with Gasteiger partial charge in [0.25, 0.3) is 5.91 Å². The molecule has 3 heterocycles. The van der Waals surface area contributed by atoms with Crippen molar-refractivity contribution in [2.45, 2.75) is 38.3 Å². The number of rotatable bonds is 4. The lowest BCUT2D eigenvalue weighted by Gasteiger charge is -2.25. The number of furan rings is 1. The Kier molecular flexibility index (Phi) is 4.20. The van der Waals surface area contributed by atoms with E-state index in [-0.39, 0.29) is 11.9 Å². The molecule has 22 heavy (non-hydrogen) atoms. The first-order chi connectivity index (χ1) is 10.6. The van der Waals surface area contributed by atoms with Gasteiger partial charge in [0.2, 0.25) is 0 Å². The Hall–Kier alpha value is -2.21. The fourth-order valence-corrected chi connectivity index (χ4v) is 2.85. The van der Waals surface area contributed by atoms with Crippen molar-refractivity contribution in [3.05, 3.63) is 47.9 Å². The molecule has 0 aromatic carbocycles. The molecule has 2 aromatic heterocycles. The monoisotopic (exact) mass is 301 g/mol. The highest BCUT2D eigenvalue weighted by Gasteiger charge is 2.32. The van der Waals surface area contributed by atoms with E-state index < -0.39 is 6.10 Å². The molecular formula is C16H19N3O3. The van der Waals surface area contributed by atoms with Crippen LogP contribution in [0.2, 0.25) is 0 Å². The highest BCUT2D eigenvalue weighted by Crippen LogP contribution is 2.28. The first-order valence-corrected chi connectivity index (χ1v) is 7.46. The molecule has 0 saturated carbocycles. The largest absolute Gasteiger partial charge is 0.467 e. The summed E-state index contributed by atoms with van der Waals surface area (Å²) in [7, 11) is 0. The van der Waals surface area contributed by atoms with Crippen LogP contribution in [0.4, 0.5) is 0 Å². The van der Waals surface area contributed by atoms with Crippen molar-refractivity contribution in [2.75, 3.05) is 6.54 Å². The second kappa shape index (κ2) is 6.27. The smallest absolute Gasteiger partial charge is 0.274 e. The summed E-state index contributed by atoms with van der Waals surface area (Å²) >= 11 is 0. The number of nitrogens with zero attached hydrogens (tertiary/aromatic N) is 3. The number of likely N-dealkylation sites (tertiary alicyclic amines) is 1. The van der Waals surface area contributed by atoms with Crippen LogP contribution >= 0.6 is 0 Å². The molecule has 0 radical (unpaired) electrons. The number of carbonyl (C=O) groups excluding carboxylic acids is 1. The fourth-order valence-electron chi connectivity index (χ4n) is 2.85. The van der Waals surface area contributed by atoms with Crippen LogP contribution in [0, 0.1) is 6.92 Å². The average molecular weight is 301 g/mol. The quantitative estimate of drug-likeness (QED) is 0.935. The molecule has 1 N–H and O–H groups in total. The van der Waals surface area contributed by atoms with Gasteiger partial charge in [-0.3, -0.25) is 9.78 Å². The van der Waals surface area contributed by atoms with Gasteiger partial charge in [-0.25, -0.2) is 4.98 Å². The summed E-state index contributed by atoms with van der Waals surface area (Å²) in [6, 6.07) is 3.49. The van der Waals surface area contributed by atoms with E-state index in [1.807, 2.05) is 6.92 Å². The van der Waals surface area contributed by atoms with E-state index in [9.17, 15) is 9.90 Å². The zero-order chi connectivity index (χ0) is 15.5. The fraction of sp³-hybridized carbons (Fsp3) is 0.438. The van der Waals surface area contributed by atoms with Crippen LogP contribution in [-0.2, 0) is 0 Å². The first kappa shape index (κ1) is 14.7. The molecular weight excluding hydrogens is 282 g/mol. The second-order valence-electron chi connectivity index (χ2n) is 5.60. The number of aryl methyl sites for hydroxylation is 1. The molecule has 2 atom stereocenters. The summed E-state index contributed by atoms with van der Waals surface area (Å²) in [6.45, 7) is 2.52. The molecule has 0 spiro atoms. The van der Waals surface area contributed by atoms with Crippen LogP contribution in [-0.4, -0.2) is 38.5 Å². The lowest BCUT2D eigenvalue weighted by molar-refractivity contribution is 0.0635. The molecule has 1 saturated heterocycles. The minimum atomic E-state index is -0.697. The lowest BCUT2D eigenvalue weighted by Crippen LogP contribution is -2.37. The molecule has 6 heteroatoms. The number of hydrogen-bond donors (Lipinski definition) is 1. The third-order valence-corrected chi connectivity index (χ3v) is 4.01. The Morgan fingerprint density at radius 3 is 3.05 bits per heavy atom. The van der Waals surface area contributed by atoms with Crippen molar-refractivity contribution in [1.29, 1.82) is 0 Å². The number of hydrogen-bond acceptors (Lipinski definition) is 5. The SMILES string of the molecule is Cc1cnc(C(=O)N2CCCC2CC(O)c2ccco2)cn1. The Bertz CT molecular complexity index is 625. The number of amides is 1. The van der Waals surface area contributed by atoms with E-state index in [1.165, 1.54) is 12.5 Å². The first-order valence-electron chi connectivity index (χ1n) is 7.46. The molecule has 0 aliphatic carbocycles. The van der Waals surface area contributed by atoms with Crippen molar-refractivity contribution in [3.63, 3.8) is 0 Å². The average Bonchev–Trinajstić information content (AvgIpc) is 3.18. The Balaban J connectivity index is 1.70. The van der Waals surface area contributed by atoms with Gasteiger partial charge in [0.1, 0.15) is 17.6 Å². The number of carbonyl (C=O) groups is 1. The zero-order valence-electron chi connectivity index (χ0n) is 12.5. The molecule has 2 aromatic rings. The van der Waals surface area contributed by atoms with Gasteiger partial charge in [0.15, 0.2) is 0 Å². The van der Waals surface area contributed by atoms with E-state index in [4.69, 9.17) is 4.42 Å². The Morgan fingerprint density at radius 2 is 2.36 bits per heavy atom. The minimum absolute atomic E-state index is 0.00398. The van der Waals surface area contributed by atoms with E-state index in [2.05, 4.69) is 9.97 Å². The van der Waals surface area contributed by atoms with Crippen molar-refractivity contribution < 1.29 is 14.3 Å². The highest BCUT2D eigenvalue weighted by atomic mass is 16.4. The van der Waals surface area contributed by atoms with E-state index in [0.29, 0.717) is 24.4 Å². The van der Waals surface area contributed by atoms with Gasteiger partial charge in [-0.2, -0.15) is 0 Å². The molecule has 1 fully saturated rings. The van der Waals surface area contributed by atoms with Crippen LogP contribution in [0.25, 0.3) is 0 Å². The van der Waals surface area contributed by atoms with Crippen molar-refractivity contribution >= 4 is 5.91 Å². The van der Waals surface area contributed by atoms with Crippen LogP contribution in [0.1, 0.15) is 47.3 Å². The van der Waals surface area contributed by atoms with E-state index >= 15 is 0 Å². The van der Waals surface area contributed by atoms with Gasteiger partial charge in [-0.15, -0.1) is 0 Å². The van der Waals surface area contributed by atoms with Crippen LogP contribution in [0.3, 0.4) is 0 Å². The Labute approximate surface area is 128 Å². The Morgan fingerprint density at radius 1 is 1.50 bits per heavy atom. The summed E-state index contributed by atoms with van der Waals surface area (Å²) < 4.78 is 5.22. The topological polar surface area (TPSA) is 79.5 Å². The molecule has 1 aliphatic rings. The van der Waals surface area contributed by atoms with Gasteiger partial charge >= 0.3 is 0 Å². The maximum Gasteiger partial charge on any atom is 0.274 e. The molecule has 6 nitrogen and oxygen atoms in total. The molecule has 1 aliphatic heterocycles. The molecule has 1 amide bonds. The highest BCUT2D eigenvalue weighted by molar-refractivity contribution is 5.92. The maximum atomic E-state index is 12.6. The van der Waals surface area contributed by atoms with Gasteiger partial charge in [-0.05, 0) is 31.9 Å². The van der Waals surface area contributed by atoms with Gasteiger partial charge in [0, 0.05) is 25.2 Å². The van der Waals surface area contributed by atoms with E-state index in [0.717, 1.165) is 18.5 Å². The predicted molar refractivity (Wildman–Crippen MR) is 79.1 cm³/mol. The predicted octanol–water partition coefficient (Wildman–Crippen LogP) is 2.11. The number of aliphatic hydroxyl groups is 1. The van der Waals surface area contributed by atoms with Crippen molar-refractivity contribution in [2.24, 2.45) is 0 Å². The molecule has 3 rings (SSSR count). The summed E-state index contributed by atoms with van der Waals surface area (Å²) in [5, 5.41) is 10.2. The molecule has 0 bridgehead atoms. The number of aliphatic hydroxyl groups excluding tert-OH is 1. The molecule has 116 valence electrons. The second-order valence-corrected chi connectivity index (χ2v) is 5.60. The lowest BCUT2D eigenvalue weighted by atomic mass is 10.0. The van der Waals surface area contributed by atoms with Crippen LogP contribution < -0.4 is 0 Å². The van der Waals surface area contributed by atoms with Crippen molar-refractivity contribution in [3.8, 4) is 0 Å². The van der Waals surface area contributed by atoms with Gasteiger partial charge in [0.05, 0.1) is 18.2 Å². The summed E-state index contributed by atoms with van der Waals surface area (Å²) in [4.78, 5) is 22.6. The maximum absolute atomic E-state index is 12.6. The zero-order valence-corrected chi connectivity index (χ0v) is 12.5. The normalized spacial score (nSPS) is 19.4. The van der Waals surface area contributed by atoms with Gasteiger partial charge in [-0.1, -0.05) is 0 Å². The van der Waals surface area contributed by atoms with Gasteiger partial charge < -0.3 is 14.4 Å².